The molecule has 1 aromatic heterocycles. The Morgan fingerprint density at radius 1 is 1.00 bits per heavy atom. The predicted octanol–water partition coefficient (Wildman–Crippen LogP) is 4.28. The normalized spacial score (nSPS) is 11.5. The molecule has 3 rings (SSSR count). The van der Waals surface area contributed by atoms with E-state index in [-0.39, 0.29) is 11.2 Å². The van der Waals surface area contributed by atoms with Gasteiger partial charge in [0.1, 0.15) is 11.4 Å². The van der Waals surface area contributed by atoms with E-state index in [4.69, 9.17) is 9.47 Å². The molecule has 28 heavy (non-hydrogen) atoms. The molecule has 0 spiro atoms. The number of methoxy groups -OCH3 is 2. The van der Waals surface area contributed by atoms with Gasteiger partial charge in [-0.2, -0.15) is 0 Å². The minimum absolute atomic E-state index is 0.128. The number of carbonyl (C=O) groups is 1. The number of nitrogens with zero attached hydrogens (tertiary/aromatic N) is 2. The molecule has 0 unspecified atom stereocenters. The van der Waals surface area contributed by atoms with Gasteiger partial charge in [-0.1, -0.05) is 42.1 Å². The summed E-state index contributed by atoms with van der Waals surface area (Å²) in [5.41, 5.74) is 2.47. The largest absolute Gasteiger partial charge is 0.493 e. The predicted molar refractivity (Wildman–Crippen MR) is 111 cm³/mol. The molecule has 1 N–H and O–H groups in total. The lowest BCUT2D eigenvalue weighted by Gasteiger charge is -2.14. The highest BCUT2D eigenvalue weighted by Gasteiger charge is 2.17. The van der Waals surface area contributed by atoms with Crippen molar-refractivity contribution in [1.82, 2.24) is 9.97 Å². The number of nitrogens with one attached hydrogen (secondary N) is 1. The standard InChI is InChI=1S/C21H21N3O3S/c1-14(21(25)24-16-9-10-18(26-2)19(11-16)27-3)28-20-12-17(22-13-23-20)15-7-5-4-6-8-15/h4-14H,1-3H3,(H,24,25)/t14-/m1/s1. The molecule has 0 fully saturated rings. The number of aromatic nitrogens is 2. The Hall–Kier alpha value is -3.06. The second-order valence-electron chi connectivity index (χ2n) is 5.93. The van der Waals surface area contributed by atoms with Gasteiger partial charge in [0.2, 0.25) is 5.91 Å². The summed E-state index contributed by atoms with van der Waals surface area (Å²) in [6, 6.07) is 17.0. The Kier molecular flexibility index (Phi) is 6.49. The highest BCUT2D eigenvalue weighted by Crippen LogP contribution is 2.30. The summed E-state index contributed by atoms with van der Waals surface area (Å²) >= 11 is 1.38. The second kappa shape index (κ2) is 9.23. The Morgan fingerprint density at radius 3 is 2.46 bits per heavy atom. The van der Waals surface area contributed by atoms with Gasteiger partial charge in [0.25, 0.3) is 0 Å². The van der Waals surface area contributed by atoms with Gasteiger partial charge < -0.3 is 14.8 Å². The van der Waals surface area contributed by atoms with E-state index < -0.39 is 0 Å². The zero-order chi connectivity index (χ0) is 19.9. The van der Waals surface area contributed by atoms with Gasteiger partial charge in [-0.3, -0.25) is 4.79 Å². The van der Waals surface area contributed by atoms with Crippen molar-refractivity contribution < 1.29 is 14.3 Å². The monoisotopic (exact) mass is 395 g/mol. The Morgan fingerprint density at radius 2 is 1.75 bits per heavy atom. The smallest absolute Gasteiger partial charge is 0.237 e. The topological polar surface area (TPSA) is 73.3 Å². The average Bonchev–Trinajstić information content (AvgIpc) is 2.74. The van der Waals surface area contributed by atoms with Crippen LogP contribution in [0.2, 0.25) is 0 Å². The molecule has 1 heterocycles. The zero-order valence-corrected chi connectivity index (χ0v) is 16.7. The van der Waals surface area contributed by atoms with Crippen LogP contribution in [0.3, 0.4) is 0 Å². The lowest BCUT2D eigenvalue weighted by Crippen LogP contribution is -2.22. The Balaban J connectivity index is 1.68. The number of anilines is 1. The van der Waals surface area contributed by atoms with E-state index in [1.165, 1.54) is 18.1 Å². The van der Waals surface area contributed by atoms with Crippen molar-refractivity contribution in [2.45, 2.75) is 17.2 Å². The number of hydrogen-bond acceptors (Lipinski definition) is 6. The van der Waals surface area contributed by atoms with Gasteiger partial charge in [0.15, 0.2) is 11.5 Å². The molecule has 144 valence electrons. The van der Waals surface area contributed by atoms with E-state index in [2.05, 4.69) is 15.3 Å². The van der Waals surface area contributed by atoms with Gasteiger partial charge in [0.05, 0.1) is 25.2 Å². The first-order valence-electron chi connectivity index (χ1n) is 8.67. The van der Waals surface area contributed by atoms with Crippen LogP contribution in [-0.4, -0.2) is 35.3 Å². The molecule has 0 aliphatic carbocycles. The minimum Gasteiger partial charge on any atom is -0.493 e. The summed E-state index contributed by atoms with van der Waals surface area (Å²) < 4.78 is 10.5. The molecule has 2 aromatic carbocycles. The van der Waals surface area contributed by atoms with E-state index in [0.29, 0.717) is 17.2 Å². The molecule has 7 heteroatoms. The molecule has 1 amide bonds. The summed E-state index contributed by atoms with van der Waals surface area (Å²) in [6.07, 6.45) is 1.52. The fourth-order valence-corrected chi connectivity index (χ4v) is 3.38. The van der Waals surface area contributed by atoms with E-state index in [1.807, 2.05) is 43.3 Å². The molecular weight excluding hydrogens is 374 g/mol. The third kappa shape index (κ3) is 4.80. The van der Waals surface area contributed by atoms with Gasteiger partial charge in [-0.05, 0) is 25.1 Å². The molecule has 0 aliphatic heterocycles. The van der Waals surface area contributed by atoms with Crippen LogP contribution in [-0.2, 0) is 4.79 Å². The van der Waals surface area contributed by atoms with E-state index in [9.17, 15) is 4.79 Å². The SMILES string of the molecule is COc1ccc(NC(=O)[C@@H](C)Sc2cc(-c3ccccc3)ncn2)cc1OC. The first-order chi connectivity index (χ1) is 13.6. The number of thioether (sulfide) groups is 1. The quantitative estimate of drug-likeness (QED) is 0.475. The summed E-state index contributed by atoms with van der Waals surface area (Å²) in [7, 11) is 3.13. The third-order valence-electron chi connectivity index (χ3n) is 4.03. The maximum atomic E-state index is 12.6. The van der Waals surface area contributed by atoms with Crippen LogP contribution in [0.15, 0.2) is 66.0 Å². The average molecular weight is 395 g/mol. The molecule has 3 aromatic rings. The molecule has 1 atom stereocenters. The van der Waals surface area contributed by atoms with Crippen LogP contribution in [0.1, 0.15) is 6.92 Å². The van der Waals surface area contributed by atoms with Crippen molar-refractivity contribution in [2.75, 3.05) is 19.5 Å². The molecule has 0 aliphatic rings. The number of hydrogen-bond donors (Lipinski definition) is 1. The van der Waals surface area contributed by atoms with Crippen molar-refractivity contribution in [3.8, 4) is 22.8 Å². The summed E-state index contributed by atoms with van der Waals surface area (Å²) in [6.45, 7) is 1.84. The van der Waals surface area contributed by atoms with Crippen molar-refractivity contribution in [3.63, 3.8) is 0 Å². The third-order valence-corrected chi connectivity index (χ3v) is 5.06. The van der Waals surface area contributed by atoms with Crippen molar-refractivity contribution in [3.05, 3.63) is 60.9 Å². The lowest BCUT2D eigenvalue weighted by atomic mass is 10.1. The Bertz CT molecular complexity index is 951. The second-order valence-corrected chi connectivity index (χ2v) is 7.29. The molecular formula is C21H21N3O3S. The van der Waals surface area contributed by atoms with E-state index in [0.717, 1.165) is 16.3 Å². The first kappa shape index (κ1) is 19.7. The molecule has 6 nitrogen and oxygen atoms in total. The van der Waals surface area contributed by atoms with Crippen LogP contribution < -0.4 is 14.8 Å². The van der Waals surface area contributed by atoms with Crippen molar-refractivity contribution in [1.29, 1.82) is 0 Å². The summed E-state index contributed by atoms with van der Waals surface area (Å²) in [5.74, 6) is 1.04. The maximum absolute atomic E-state index is 12.6. The van der Waals surface area contributed by atoms with Crippen molar-refractivity contribution in [2.24, 2.45) is 0 Å². The maximum Gasteiger partial charge on any atom is 0.237 e. The van der Waals surface area contributed by atoms with Gasteiger partial charge in [-0.25, -0.2) is 9.97 Å². The van der Waals surface area contributed by atoms with E-state index >= 15 is 0 Å². The zero-order valence-electron chi connectivity index (χ0n) is 15.9. The fraction of sp³-hybridized carbons (Fsp3) is 0.190. The highest BCUT2D eigenvalue weighted by molar-refractivity contribution is 8.00. The number of rotatable bonds is 7. The lowest BCUT2D eigenvalue weighted by molar-refractivity contribution is -0.115. The number of benzene rings is 2. The van der Waals surface area contributed by atoms with E-state index in [1.54, 1.807) is 32.4 Å². The number of ether oxygens (including phenoxy) is 2. The molecule has 0 radical (unpaired) electrons. The summed E-state index contributed by atoms with van der Waals surface area (Å²) in [5, 5.41) is 3.29. The Labute approximate surface area is 168 Å². The van der Waals surface area contributed by atoms with Gasteiger partial charge in [-0.15, -0.1) is 0 Å². The molecule has 0 bridgehead atoms. The van der Waals surface area contributed by atoms with Crippen LogP contribution >= 0.6 is 11.8 Å². The van der Waals surface area contributed by atoms with Crippen molar-refractivity contribution >= 4 is 23.4 Å². The van der Waals surface area contributed by atoms with Crippen LogP contribution in [0, 0.1) is 0 Å². The number of amides is 1. The van der Waals surface area contributed by atoms with Crippen LogP contribution in [0.4, 0.5) is 5.69 Å². The summed E-state index contributed by atoms with van der Waals surface area (Å²) in [4.78, 5) is 21.2. The number of carbonyl (C=O) groups excluding carboxylic acids is 1. The first-order valence-corrected chi connectivity index (χ1v) is 9.55. The minimum atomic E-state index is -0.341. The molecule has 0 saturated heterocycles. The van der Waals surface area contributed by atoms with Gasteiger partial charge >= 0.3 is 0 Å². The molecule has 0 saturated carbocycles. The van der Waals surface area contributed by atoms with Crippen LogP contribution in [0.5, 0.6) is 11.5 Å². The van der Waals surface area contributed by atoms with Crippen LogP contribution in [0.25, 0.3) is 11.3 Å². The highest BCUT2D eigenvalue weighted by atomic mass is 32.2. The fourth-order valence-electron chi connectivity index (χ4n) is 2.56. The van der Waals surface area contributed by atoms with Gasteiger partial charge in [0, 0.05) is 17.3 Å².